The molecule has 1 saturated heterocycles. The molecule has 0 bridgehead atoms. The molecule has 1 aliphatic carbocycles. The SMILES string of the molecule is C1CC(c2noc(CNCC3CC3)n2)CO1.Cl. The van der Waals surface area contributed by atoms with E-state index in [-0.39, 0.29) is 12.4 Å². The van der Waals surface area contributed by atoms with Crippen molar-refractivity contribution in [3.05, 3.63) is 11.7 Å². The number of nitrogens with zero attached hydrogens (tertiary/aromatic N) is 2. The summed E-state index contributed by atoms with van der Waals surface area (Å²) in [4.78, 5) is 4.39. The van der Waals surface area contributed by atoms with Crippen LogP contribution < -0.4 is 5.32 Å². The summed E-state index contributed by atoms with van der Waals surface area (Å²) < 4.78 is 10.5. The molecule has 1 aliphatic heterocycles. The predicted molar refractivity (Wildman–Crippen MR) is 64.2 cm³/mol. The van der Waals surface area contributed by atoms with Crippen molar-refractivity contribution in [3.63, 3.8) is 0 Å². The molecular weight excluding hydrogens is 242 g/mol. The molecule has 1 aromatic heterocycles. The van der Waals surface area contributed by atoms with E-state index in [1.165, 1.54) is 12.8 Å². The minimum Gasteiger partial charge on any atom is -0.381 e. The van der Waals surface area contributed by atoms with Crippen molar-refractivity contribution in [3.8, 4) is 0 Å². The molecule has 0 aromatic carbocycles. The molecule has 2 heterocycles. The maximum atomic E-state index is 5.30. The molecule has 0 spiro atoms. The Morgan fingerprint density at radius 3 is 2.88 bits per heavy atom. The van der Waals surface area contributed by atoms with Crippen molar-refractivity contribution in [1.82, 2.24) is 15.5 Å². The highest BCUT2D eigenvalue weighted by Gasteiger charge is 2.23. The molecule has 0 radical (unpaired) electrons. The van der Waals surface area contributed by atoms with Crippen LogP contribution in [0.5, 0.6) is 0 Å². The van der Waals surface area contributed by atoms with Crippen LogP contribution >= 0.6 is 12.4 Å². The second-order valence-electron chi connectivity index (χ2n) is 4.68. The highest BCUT2D eigenvalue weighted by molar-refractivity contribution is 5.85. The minimum atomic E-state index is 0. The fourth-order valence-electron chi connectivity index (χ4n) is 1.95. The van der Waals surface area contributed by atoms with Crippen LogP contribution in [0, 0.1) is 5.92 Å². The van der Waals surface area contributed by atoms with Gasteiger partial charge in [-0.05, 0) is 31.7 Å². The van der Waals surface area contributed by atoms with Gasteiger partial charge in [0, 0.05) is 12.5 Å². The molecule has 5 nitrogen and oxygen atoms in total. The van der Waals surface area contributed by atoms with Gasteiger partial charge in [-0.15, -0.1) is 12.4 Å². The van der Waals surface area contributed by atoms with Crippen molar-refractivity contribution < 1.29 is 9.26 Å². The van der Waals surface area contributed by atoms with E-state index in [1.807, 2.05) is 0 Å². The average Bonchev–Trinajstić information content (AvgIpc) is 2.83. The van der Waals surface area contributed by atoms with E-state index in [0.29, 0.717) is 18.4 Å². The van der Waals surface area contributed by atoms with E-state index in [0.717, 1.165) is 37.9 Å². The Balaban J connectivity index is 0.00000108. The molecule has 17 heavy (non-hydrogen) atoms. The maximum Gasteiger partial charge on any atom is 0.240 e. The lowest BCUT2D eigenvalue weighted by atomic mass is 10.1. The van der Waals surface area contributed by atoms with E-state index in [1.54, 1.807) is 0 Å². The van der Waals surface area contributed by atoms with E-state index in [4.69, 9.17) is 9.26 Å². The summed E-state index contributed by atoms with van der Waals surface area (Å²) in [6.45, 7) is 3.31. The van der Waals surface area contributed by atoms with Crippen molar-refractivity contribution in [1.29, 1.82) is 0 Å². The van der Waals surface area contributed by atoms with Crippen molar-refractivity contribution in [2.24, 2.45) is 5.92 Å². The van der Waals surface area contributed by atoms with E-state index < -0.39 is 0 Å². The number of hydrogen-bond acceptors (Lipinski definition) is 5. The molecule has 96 valence electrons. The summed E-state index contributed by atoms with van der Waals surface area (Å²) in [6.07, 6.45) is 3.73. The van der Waals surface area contributed by atoms with E-state index >= 15 is 0 Å². The molecule has 1 atom stereocenters. The fraction of sp³-hybridized carbons (Fsp3) is 0.818. The fourth-order valence-corrected chi connectivity index (χ4v) is 1.95. The molecule has 1 unspecified atom stereocenters. The van der Waals surface area contributed by atoms with Crippen LogP contribution in [0.4, 0.5) is 0 Å². The third kappa shape index (κ3) is 3.40. The number of halogens is 1. The topological polar surface area (TPSA) is 60.2 Å². The Morgan fingerprint density at radius 1 is 1.29 bits per heavy atom. The standard InChI is InChI=1S/C11H17N3O2.ClH/c1-2-8(1)5-12-6-10-13-11(14-16-10)9-3-4-15-7-9;/h8-9,12H,1-7H2;1H. The zero-order valence-electron chi connectivity index (χ0n) is 9.72. The number of aromatic nitrogens is 2. The summed E-state index contributed by atoms with van der Waals surface area (Å²) in [6, 6.07) is 0. The lowest BCUT2D eigenvalue weighted by Gasteiger charge is -1.98. The molecule has 6 heteroatoms. The Morgan fingerprint density at radius 2 is 2.18 bits per heavy atom. The van der Waals surface area contributed by atoms with Gasteiger partial charge < -0.3 is 14.6 Å². The molecule has 2 aliphatic rings. The van der Waals surface area contributed by atoms with Crippen LogP contribution in [0.25, 0.3) is 0 Å². The monoisotopic (exact) mass is 259 g/mol. The second-order valence-corrected chi connectivity index (χ2v) is 4.68. The lowest BCUT2D eigenvalue weighted by Crippen LogP contribution is -2.16. The first kappa shape index (κ1) is 12.8. The van der Waals surface area contributed by atoms with Gasteiger partial charge in [0.25, 0.3) is 0 Å². The normalized spacial score (nSPS) is 23.6. The van der Waals surface area contributed by atoms with Gasteiger partial charge in [0.15, 0.2) is 5.82 Å². The van der Waals surface area contributed by atoms with Gasteiger partial charge in [0.1, 0.15) is 0 Å². The van der Waals surface area contributed by atoms with Gasteiger partial charge >= 0.3 is 0 Å². The number of hydrogen-bond donors (Lipinski definition) is 1. The number of nitrogens with one attached hydrogen (secondary N) is 1. The smallest absolute Gasteiger partial charge is 0.240 e. The Bertz CT molecular complexity index is 348. The van der Waals surface area contributed by atoms with Gasteiger partial charge in [-0.3, -0.25) is 0 Å². The van der Waals surface area contributed by atoms with Gasteiger partial charge in [0.2, 0.25) is 5.89 Å². The first-order valence-corrected chi connectivity index (χ1v) is 6.03. The minimum absolute atomic E-state index is 0. The van der Waals surface area contributed by atoms with E-state index in [9.17, 15) is 0 Å². The Kier molecular flexibility index (Phi) is 4.36. The Hall–Kier alpha value is -0.650. The summed E-state index contributed by atoms with van der Waals surface area (Å²) in [5.41, 5.74) is 0. The first-order chi connectivity index (χ1) is 7.92. The highest BCUT2D eigenvalue weighted by Crippen LogP contribution is 2.27. The molecule has 1 aromatic rings. The molecule has 2 fully saturated rings. The highest BCUT2D eigenvalue weighted by atomic mass is 35.5. The maximum absolute atomic E-state index is 5.30. The van der Waals surface area contributed by atoms with Crippen molar-refractivity contribution in [2.75, 3.05) is 19.8 Å². The molecule has 3 rings (SSSR count). The largest absolute Gasteiger partial charge is 0.381 e. The Labute approximate surface area is 107 Å². The van der Waals surface area contributed by atoms with Gasteiger partial charge in [-0.1, -0.05) is 5.16 Å². The molecule has 1 saturated carbocycles. The van der Waals surface area contributed by atoms with Gasteiger partial charge in [0.05, 0.1) is 13.2 Å². The summed E-state index contributed by atoms with van der Waals surface area (Å²) in [5.74, 6) is 2.72. The molecular formula is C11H18ClN3O2. The summed E-state index contributed by atoms with van der Waals surface area (Å²) in [5, 5.41) is 7.35. The van der Waals surface area contributed by atoms with Crippen LogP contribution in [0.3, 0.4) is 0 Å². The second kappa shape index (κ2) is 5.80. The zero-order chi connectivity index (χ0) is 10.8. The molecule has 0 amide bonds. The van der Waals surface area contributed by atoms with Crippen LogP contribution in [-0.2, 0) is 11.3 Å². The molecule has 1 N–H and O–H groups in total. The number of ether oxygens (including phenoxy) is 1. The van der Waals surface area contributed by atoms with Crippen LogP contribution in [0.1, 0.15) is 36.9 Å². The van der Waals surface area contributed by atoms with Gasteiger partial charge in [-0.2, -0.15) is 4.98 Å². The third-order valence-corrected chi connectivity index (χ3v) is 3.18. The van der Waals surface area contributed by atoms with Crippen LogP contribution in [0.15, 0.2) is 4.52 Å². The third-order valence-electron chi connectivity index (χ3n) is 3.18. The van der Waals surface area contributed by atoms with Crippen LogP contribution in [0.2, 0.25) is 0 Å². The average molecular weight is 260 g/mol. The number of rotatable bonds is 5. The van der Waals surface area contributed by atoms with Crippen molar-refractivity contribution in [2.45, 2.75) is 31.7 Å². The van der Waals surface area contributed by atoms with Gasteiger partial charge in [-0.25, -0.2) is 0 Å². The van der Waals surface area contributed by atoms with Crippen LogP contribution in [-0.4, -0.2) is 29.9 Å². The first-order valence-electron chi connectivity index (χ1n) is 6.03. The van der Waals surface area contributed by atoms with E-state index in [2.05, 4.69) is 15.5 Å². The lowest BCUT2D eigenvalue weighted by molar-refractivity contribution is 0.192. The quantitative estimate of drug-likeness (QED) is 0.868. The summed E-state index contributed by atoms with van der Waals surface area (Å²) >= 11 is 0. The predicted octanol–water partition coefficient (Wildman–Crippen LogP) is 1.49. The zero-order valence-corrected chi connectivity index (χ0v) is 10.5. The van der Waals surface area contributed by atoms with Crippen molar-refractivity contribution >= 4 is 12.4 Å². The summed E-state index contributed by atoms with van der Waals surface area (Å²) in [7, 11) is 0.